The molecule has 0 radical (unpaired) electrons. The summed E-state index contributed by atoms with van der Waals surface area (Å²) in [6.07, 6.45) is 0. The molecule has 278 valence electrons. The van der Waals surface area contributed by atoms with E-state index >= 15 is 0 Å². The monoisotopic (exact) mass is 799 g/mol. The molecule has 0 aliphatic carbocycles. The van der Waals surface area contributed by atoms with Crippen molar-refractivity contribution in [3.05, 3.63) is 186 Å². The summed E-state index contributed by atoms with van der Waals surface area (Å²) in [6, 6.07) is 63.2. The van der Waals surface area contributed by atoms with Gasteiger partial charge in [0.05, 0.1) is 27.3 Å². The Balaban J connectivity index is 0.888. The van der Waals surface area contributed by atoms with Gasteiger partial charge in [0.25, 0.3) is 0 Å². The van der Waals surface area contributed by atoms with Crippen LogP contribution in [0.4, 0.5) is 0 Å². The third-order valence-corrected chi connectivity index (χ3v) is 15.0. The molecular formula is C55H29NO2S2. The SMILES string of the molecule is O=c1c2ccccc2oc2c(-c3ccc4sc5ccc(-c6ccc7sc8ccc(-c9ccc%10c%11cccc%12c%13ccccc%13n(c%10c9)c%12%11)cc8c7c6)cc5c4c3)cccc12. The van der Waals surface area contributed by atoms with Gasteiger partial charge in [-0.3, -0.25) is 4.79 Å². The molecule has 3 nitrogen and oxygen atoms in total. The zero-order valence-electron chi connectivity index (χ0n) is 31.8. The van der Waals surface area contributed by atoms with Crippen molar-refractivity contribution < 1.29 is 4.42 Å². The molecule has 0 saturated carbocycles. The van der Waals surface area contributed by atoms with Crippen molar-refractivity contribution in [2.45, 2.75) is 0 Å². The second-order valence-corrected chi connectivity index (χ2v) is 18.1. The fourth-order valence-corrected chi connectivity index (χ4v) is 12.1. The lowest BCUT2D eigenvalue weighted by Gasteiger charge is -2.08. The summed E-state index contributed by atoms with van der Waals surface area (Å²) < 4.78 is 13.9. The molecule has 0 bridgehead atoms. The van der Waals surface area contributed by atoms with E-state index in [1.807, 2.05) is 59.1 Å². The summed E-state index contributed by atoms with van der Waals surface area (Å²) in [5, 5.41) is 11.4. The number of para-hydroxylation sites is 4. The van der Waals surface area contributed by atoms with E-state index in [0.29, 0.717) is 21.9 Å². The van der Waals surface area contributed by atoms with Crippen molar-refractivity contribution in [1.29, 1.82) is 0 Å². The van der Waals surface area contributed by atoms with Crippen molar-refractivity contribution in [2.24, 2.45) is 0 Å². The first-order valence-corrected chi connectivity index (χ1v) is 21.8. The summed E-state index contributed by atoms with van der Waals surface area (Å²) in [7, 11) is 0. The highest BCUT2D eigenvalue weighted by atomic mass is 32.1. The van der Waals surface area contributed by atoms with Crippen molar-refractivity contribution in [2.75, 3.05) is 0 Å². The van der Waals surface area contributed by atoms with E-state index in [1.54, 1.807) is 0 Å². The number of hydrogen-bond donors (Lipinski definition) is 0. The number of rotatable bonds is 3. The fraction of sp³-hybridized carbons (Fsp3) is 0. The Hall–Kier alpha value is -7.31. The maximum atomic E-state index is 13.5. The van der Waals surface area contributed by atoms with Crippen LogP contribution in [0.5, 0.6) is 0 Å². The second-order valence-electron chi connectivity index (χ2n) is 15.9. The van der Waals surface area contributed by atoms with Gasteiger partial charge in [0.1, 0.15) is 11.2 Å². The average Bonchev–Trinajstić information content (AvgIpc) is 4.05. The van der Waals surface area contributed by atoms with Crippen LogP contribution in [0.2, 0.25) is 0 Å². The van der Waals surface area contributed by atoms with Crippen LogP contribution in [0.25, 0.3) is 134 Å². The van der Waals surface area contributed by atoms with Crippen LogP contribution in [0, 0.1) is 0 Å². The lowest BCUT2D eigenvalue weighted by atomic mass is 9.97. The van der Waals surface area contributed by atoms with Gasteiger partial charge in [-0.05, 0) is 107 Å². The van der Waals surface area contributed by atoms with E-state index < -0.39 is 0 Å². The zero-order valence-corrected chi connectivity index (χ0v) is 33.5. The highest BCUT2D eigenvalue weighted by molar-refractivity contribution is 7.26. The summed E-state index contributed by atoms with van der Waals surface area (Å²) in [6.45, 7) is 0. The molecule has 0 N–H and O–H groups in total. The maximum absolute atomic E-state index is 13.5. The Morgan fingerprint density at radius 3 is 1.52 bits per heavy atom. The predicted molar refractivity (Wildman–Crippen MR) is 257 cm³/mol. The number of nitrogens with zero attached hydrogens (tertiary/aromatic N) is 1. The molecule has 0 aliphatic heterocycles. The van der Waals surface area contributed by atoms with Crippen LogP contribution in [-0.4, -0.2) is 4.40 Å². The largest absolute Gasteiger partial charge is 0.455 e. The van der Waals surface area contributed by atoms with Gasteiger partial charge < -0.3 is 8.82 Å². The third-order valence-electron chi connectivity index (χ3n) is 12.7. The van der Waals surface area contributed by atoms with Gasteiger partial charge in [-0.2, -0.15) is 0 Å². The minimum Gasteiger partial charge on any atom is -0.455 e. The molecule has 60 heavy (non-hydrogen) atoms. The van der Waals surface area contributed by atoms with Crippen LogP contribution in [0.3, 0.4) is 0 Å². The van der Waals surface area contributed by atoms with Gasteiger partial charge in [0.2, 0.25) is 5.43 Å². The van der Waals surface area contributed by atoms with Gasteiger partial charge in [-0.25, -0.2) is 0 Å². The molecule has 0 amide bonds. The van der Waals surface area contributed by atoms with Crippen LogP contribution >= 0.6 is 22.7 Å². The van der Waals surface area contributed by atoms with Gasteiger partial charge >= 0.3 is 0 Å². The van der Waals surface area contributed by atoms with E-state index in [9.17, 15) is 4.79 Å². The molecule has 5 aromatic heterocycles. The highest BCUT2D eigenvalue weighted by Crippen LogP contribution is 2.44. The number of hydrogen-bond acceptors (Lipinski definition) is 4. The Morgan fingerprint density at radius 2 is 0.850 bits per heavy atom. The molecule has 0 unspecified atom stereocenters. The molecule has 0 saturated heterocycles. The van der Waals surface area contributed by atoms with E-state index in [-0.39, 0.29) is 5.43 Å². The van der Waals surface area contributed by atoms with Gasteiger partial charge in [-0.1, -0.05) is 97.1 Å². The van der Waals surface area contributed by atoms with Gasteiger partial charge in [0.15, 0.2) is 0 Å². The highest BCUT2D eigenvalue weighted by Gasteiger charge is 2.19. The summed E-state index contributed by atoms with van der Waals surface area (Å²) >= 11 is 3.67. The van der Waals surface area contributed by atoms with Crippen molar-refractivity contribution in [3.8, 4) is 33.4 Å². The minimum absolute atomic E-state index is 0.00164. The number of thiophene rings is 2. The lowest BCUT2D eigenvalue weighted by Crippen LogP contribution is -2.02. The van der Waals surface area contributed by atoms with Crippen LogP contribution < -0.4 is 5.43 Å². The topological polar surface area (TPSA) is 34.6 Å². The molecule has 14 rings (SSSR count). The quantitative estimate of drug-likeness (QED) is 0.167. The number of aromatic nitrogens is 1. The smallest absolute Gasteiger partial charge is 0.200 e. The number of benzene rings is 9. The zero-order chi connectivity index (χ0) is 39.2. The van der Waals surface area contributed by atoms with Crippen molar-refractivity contribution in [1.82, 2.24) is 4.40 Å². The maximum Gasteiger partial charge on any atom is 0.200 e. The summed E-state index contributed by atoms with van der Waals surface area (Å²) in [5.74, 6) is 0. The van der Waals surface area contributed by atoms with Crippen LogP contribution in [0.1, 0.15) is 0 Å². The average molecular weight is 800 g/mol. The second kappa shape index (κ2) is 11.9. The standard InChI is InChI=1S/C55H29NO2S2/c57-54-40-8-2-4-14-48(40)58-55-35(9-5-12-41(54)55)34-19-24-52-45(28-34)44-26-31(17-22-51(44)60-52)30-16-21-49-42(25-30)43-27-32(18-23-50(43)59-49)33-15-20-37-39-11-6-10-38-36-7-1-3-13-46(36)56(53(38)39)47(37)29-33/h1-29H. The molecule has 0 atom stereocenters. The van der Waals surface area contributed by atoms with E-state index in [1.165, 1.54) is 101 Å². The van der Waals surface area contributed by atoms with E-state index in [4.69, 9.17) is 4.42 Å². The molecule has 0 aliphatic rings. The summed E-state index contributed by atoms with van der Waals surface area (Å²) in [4.78, 5) is 13.5. The number of fused-ring (bicyclic) bond motifs is 14. The molecule has 0 fully saturated rings. The molecular weight excluding hydrogens is 771 g/mol. The van der Waals surface area contributed by atoms with Gasteiger partial charge in [0, 0.05) is 67.5 Å². The van der Waals surface area contributed by atoms with Crippen LogP contribution in [0.15, 0.2) is 185 Å². The molecule has 9 aromatic carbocycles. The minimum atomic E-state index is -0.00164. The Morgan fingerprint density at radius 1 is 0.367 bits per heavy atom. The molecule has 0 spiro atoms. The van der Waals surface area contributed by atoms with Crippen molar-refractivity contribution in [3.63, 3.8) is 0 Å². The van der Waals surface area contributed by atoms with E-state index in [0.717, 1.165) is 11.1 Å². The first-order valence-electron chi connectivity index (χ1n) is 20.2. The van der Waals surface area contributed by atoms with E-state index in [2.05, 4.69) is 144 Å². The predicted octanol–water partition coefficient (Wildman–Crippen LogP) is 15.8. The Labute approximate surface area is 349 Å². The lowest BCUT2D eigenvalue weighted by molar-refractivity contribution is 0.661. The molecule has 14 aromatic rings. The fourth-order valence-electron chi connectivity index (χ4n) is 9.92. The third kappa shape index (κ3) is 4.45. The summed E-state index contributed by atoms with van der Waals surface area (Å²) in [5.41, 5.74) is 11.8. The van der Waals surface area contributed by atoms with Crippen molar-refractivity contribution >= 4 is 123 Å². The van der Waals surface area contributed by atoms with Gasteiger partial charge in [-0.15, -0.1) is 22.7 Å². The first-order chi connectivity index (χ1) is 29.6. The molecule has 5 heteroatoms. The van der Waals surface area contributed by atoms with Crippen LogP contribution in [-0.2, 0) is 0 Å². The Bertz CT molecular complexity index is 4220. The molecule has 5 heterocycles. The first kappa shape index (κ1) is 32.6. The normalized spacial score (nSPS) is 12.4. The Kier molecular flexibility index (Phi) is 6.47.